The van der Waals surface area contributed by atoms with Crippen molar-refractivity contribution in [3.8, 4) is 0 Å². The molecule has 2 fully saturated rings. The first-order chi connectivity index (χ1) is 16.6. The fourth-order valence-electron chi connectivity index (χ4n) is 5.21. The fourth-order valence-corrected chi connectivity index (χ4v) is 5.21. The van der Waals surface area contributed by atoms with Gasteiger partial charge in [0.25, 0.3) is 5.91 Å². The fraction of sp³-hybridized carbons (Fsp3) is 0.500. The van der Waals surface area contributed by atoms with Crippen LogP contribution in [0.2, 0.25) is 0 Å². The molecule has 1 amide bonds. The van der Waals surface area contributed by atoms with E-state index in [1.165, 1.54) is 12.1 Å². The van der Waals surface area contributed by atoms with Crippen molar-refractivity contribution in [1.82, 2.24) is 15.2 Å². The number of carbonyl (C=O) groups excluding carboxylic acids is 2. The van der Waals surface area contributed by atoms with Gasteiger partial charge in [0, 0.05) is 42.5 Å². The van der Waals surface area contributed by atoms with Gasteiger partial charge in [-0.1, -0.05) is 12.1 Å². The summed E-state index contributed by atoms with van der Waals surface area (Å²) >= 11 is 0. The number of ketones is 1. The molecule has 1 aromatic heterocycles. The van der Waals surface area contributed by atoms with Gasteiger partial charge in [0.1, 0.15) is 5.67 Å². The van der Waals surface area contributed by atoms with Gasteiger partial charge < -0.3 is 10.2 Å². The highest BCUT2D eigenvalue weighted by Crippen LogP contribution is 2.42. The van der Waals surface area contributed by atoms with Gasteiger partial charge in [-0.15, -0.1) is 0 Å². The van der Waals surface area contributed by atoms with Crippen molar-refractivity contribution in [2.75, 3.05) is 19.6 Å². The molecule has 2 heterocycles. The zero-order valence-electron chi connectivity index (χ0n) is 19.4. The molecule has 1 atom stereocenters. The Labute approximate surface area is 201 Å². The Morgan fingerprint density at radius 1 is 1.11 bits per heavy atom. The smallest absolute Gasteiger partial charge is 0.345 e. The maximum absolute atomic E-state index is 15.4. The second-order valence-corrected chi connectivity index (χ2v) is 9.59. The number of Topliss-reactive ketones (excluding diaryl/α,β-unsaturated/α-hetero) is 1. The topological polar surface area (TPSA) is 62.3 Å². The van der Waals surface area contributed by atoms with E-state index in [1.54, 1.807) is 24.5 Å². The molecular formula is C26H29F4N3O2. The van der Waals surface area contributed by atoms with E-state index in [2.05, 4.69) is 15.2 Å². The maximum Gasteiger partial charge on any atom is 0.416 e. The van der Waals surface area contributed by atoms with Crippen molar-refractivity contribution in [3.05, 3.63) is 65.5 Å². The number of nitrogens with zero attached hydrogens (tertiary/aromatic N) is 2. The highest BCUT2D eigenvalue weighted by molar-refractivity contribution is 5.96. The van der Waals surface area contributed by atoms with Crippen LogP contribution in [0.5, 0.6) is 0 Å². The van der Waals surface area contributed by atoms with Crippen LogP contribution in [0.1, 0.15) is 60.0 Å². The van der Waals surface area contributed by atoms with Crippen LogP contribution in [0, 0.1) is 5.92 Å². The van der Waals surface area contributed by atoms with E-state index in [0.717, 1.165) is 44.5 Å². The molecule has 1 saturated carbocycles. The summed E-state index contributed by atoms with van der Waals surface area (Å²) in [5.74, 6) is -0.702. The number of alkyl halides is 4. The Balaban J connectivity index is 1.21. The van der Waals surface area contributed by atoms with Gasteiger partial charge in [0.05, 0.1) is 12.1 Å². The molecule has 5 nitrogen and oxygen atoms in total. The van der Waals surface area contributed by atoms with Crippen molar-refractivity contribution in [2.45, 2.75) is 56.4 Å². The number of carbonyl (C=O) groups is 2. The molecule has 1 saturated heterocycles. The molecular weight excluding hydrogens is 462 g/mol. The van der Waals surface area contributed by atoms with Crippen molar-refractivity contribution in [1.29, 1.82) is 0 Å². The maximum atomic E-state index is 15.4. The van der Waals surface area contributed by atoms with Gasteiger partial charge in [-0.2, -0.15) is 13.2 Å². The number of hydrogen-bond donors (Lipinski definition) is 1. The lowest BCUT2D eigenvalue weighted by Gasteiger charge is -2.38. The van der Waals surface area contributed by atoms with Gasteiger partial charge in [-0.3, -0.25) is 14.6 Å². The van der Waals surface area contributed by atoms with Crippen molar-refractivity contribution < 1.29 is 27.2 Å². The number of aromatic nitrogens is 1. The number of rotatable bonds is 7. The van der Waals surface area contributed by atoms with Gasteiger partial charge in [0.15, 0.2) is 5.78 Å². The molecule has 35 heavy (non-hydrogen) atoms. The van der Waals surface area contributed by atoms with Crippen LogP contribution in [-0.2, 0) is 16.6 Å². The average Bonchev–Trinajstić information content (AvgIpc) is 3.31. The lowest BCUT2D eigenvalue weighted by molar-refractivity contribution is -0.137. The van der Waals surface area contributed by atoms with Crippen LogP contribution in [0.25, 0.3) is 0 Å². The number of hydrogen-bond acceptors (Lipinski definition) is 4. The first kappa shape index (κ1) is 25.3. The Kier molecular flexibility index (Phi) is 7.54. The Hall–Kier alpha value is -2.81. The highest BCUT2D eigenvalue weighted by atomic mass is 19.4. The van der Waals surface area contributed by atoms with E-state index < -0.39 is 23.3 Å². The molecule has 188 valence electrons. The minimum atomic E-state index is -4.54. The molecule has 9 heteroatoms. The summed E-state index contributed by atoms with van der Waals surface area (Å²) in [5, 5.41) is 2.43. The number of nitrogens with one attached hydrogen (secondary N) is 1. The van der Waals surface area contributed by atoms with Gasteiger partial charge in [-0.05, 0) is 68.8 Å². The second kappa shape index (κ2) is 10.4. The molecule has 4 rings (SSSR count). The van der Waals surface area contributed by atoms with E-state index >= 15 is 4.39 Å². The largest absolute Gasteiger partial charge is 0.416 e. The molecule has 0 radical (unpaired) electrons. The Morgan fingerprint density at radius 2 is 1.89 bits per heavy atom. The summed E-state index contributed by atoms with van der Waals surface area (Å²) in [6.07, 6.45) is 2.25. The number of benzene rings is 1. The quantitative estimate of drug-likeness (QED) is 0.559. The van der Waals surface area contributed by atoms with Crippen LogP contribution in [-0.4, -0.2) is 47.3 Å². The third-order valence-electron chi connectivity index (χ3n) is 7.17. The van der Waals surface area contributed by atoms with Crippen LogP contribution in [0.4, 0.5) is 17.6 Å². The van der Waals surface area contributed by atoms with Crippen LogP contribution >= 0.6 is 0 Å². The summed E-state index contributed by atoms with van der Waals surface area (Å²) in [7, 11) is 0. The van der Waals surface area contributed by atoms with E-state index in [0.29, 0.717) is 24.8 Å². The van der Waals surface area contributed by atoms with Crippen LogP contribution in [0.3, 0.4) is 0 Å². The van der Waals surface area contributed by atoms with Gasteiger partial charge in [-0.25, -0.2) is 4.39 Å². The minimum Gasteiger partial charge on any atom is -0.345 e. The van der Waals surface area contributed by atoms with Crippen LogP contribution in [0.15, 0.2) is 48.8 Å². The summed E-state index contributed by atoms with van der Waals surface area (Å²) < 4.78 is 53.9. The van der Waals surface area contributed by atoms with E-state index in [-0.39, 0.29) is 29.9 Å². The molecule has 0 spiro atoms. The second-order valence-electron chi connectivity index (χ2n) is 9.59. The van der Waals surface area contributed by atoms with Crippen molar-refractivity contribution >= 4 is 11.7 Å². The number of halogens is 4. The van der Waals surface area contributed by atoms with Crippen molar-refractivity contribution in [2.24, 2.45) is 5.92 Å². The van der Waals surface area contributed by atoms with Gasteiger partial charge in [0.2, 0.25) is 0 Å². The van der Waals surface area contributed by atoms with E-state index in [9.17, 15) is 22.8 Å². The normalized spacial score (nSPS) is 25.4. The molecule has 1 N–H and O–H groups in total. The molecule has 2 aliphatic rings. The monoisotopic (exact) mass is 491 g/mol. The number of likely N-dealkylation sites (tertiary alicyclic amines) is 1. The lowest BCUT2D eigenvalue weighted by Crippen LogP contribution is -2.40. The zero-order chi connectivity index (χ0) is 25.1. The summed E-state index contributed by atoms with van der Waals surface area (Å²) in [6, 6.07) is 7.96. The lowest BCUT2D eigenvalue weighted by atomic mass is 9.79. The SMILES string of the molecule is O=C(CNC(=O)c1cccc(C(F)(F)F)c1)C[C@@H]1CCN(C2CCC(F)(c3cccnc3)CC2)C1. The minimum absolute atomic E-state index is 0.132. The highest BCUT2D eigenvalue weighted by Gasteiger charge is 2.40. The first-order valence-corrected chi connectivity index (χ1v) is 11.9. The standard InChI is InChI=1S/C26H29F4N3O2/c27-25(21-5-2-11-31-15-21)9-6-22(7-10-25)33-12-8-18(17-33)13-23(34)16-32-24(35)19-3-1-4-20(14-19)26(28,29)30/h1-5,11,14-15,18,22H,6-10,12-13,16-17H2,(H,32,35)/t18-,22?,25?/m0/s1. The van der Waals surface area contributed by atoms with Crippen molar-refractivity contribution in [3.63, 3.8) is 0 Å². The molecule has 1 aromatic carbocycles. The van der Waals surface area contributed by atoms with Gasteiger partial charge >= 0.3 is 6.18 Å². The predicted molar refractivity (Wildman–Crippen MR) is 122 cm³/mol. The summed E-state index contributed by atoms with van der Waals surface area (Å²) in [6.45, 7) is 1.39. The molecule has 0 unspecified atom stereocenters. The molecule has 1 aliphatic carbocycles. The summed E-state index contributed by atoms with van der Waals surface area (Å²) in [5.41, 5.74) is -1.74. The summed E-state index contributed by atoms with van der Waals surface area (Å²) in [4.78, 5) is 31.0. The average molecular weight is 492 g/mol. The van der Waals surface area contributed by atoms with Crippen LogP contribution < -0.4 is 5.32 Å². The molecule has 0 bridgehead atoms. The third-order valence-corrected chi connectivity index (χ3v) is 7.17. The van der Waals surface area contributed by atoms with E-state index in [1.807, 2.05) is 0 Å². The number of amides is 1. The Morgan fingerprint density at radius 3 is 2.57 bits per heavy atom. The molecule has 2 aromatic rings. The number of pyridine rings is 1. The Bertz CT molecular complexity index is 1040. The zero-order valence-corrected chi connectivity index (χ0v) is 19.4. The first-order valence-electron chi connectivity index (χ1n) is 11.9. The third kappa shape index (κ3) is 6.25. The predicted octanol–water partition coefficient (Wildman–Crippen LogP) is 4.92. The van der Waals surface area contributed by atoms with E-state index in [4.69, 9.17) is 0 Å². The molecule has 1 aliphatic heterocycles.